The van der Waals surface area contributed by atoms with Crippen LogP contribution in [0.5, 0.6) is 5.75 Å². The topological polar surface area (TPSA) is 24.8 Å². The van der Waals surface area contributed by atoms with Gasteiger partial charge in [-0.1, -0.05) is 18.2 Å². The molecule has 3 heteroatoms. The van der Waals surface area contributed by atoms with E-state index in [1.54, 1.807) is 0 Å². The van der Waals surface area contributed by atoms with Gasteiger partial charge in [-0.25, -0.2) is 0 Å². The van der Waals surface area contributed by atoms with Crippen molar-refractivity contribution in [3.8, 4) is 5.75 Å². The molecule has 0 radical (unpaired) electrons. The Morgan fingerprint density at radius 2 is 2.28 bits per heavy atom. The molecule has 0 aliphatic carbocycles. The van der Waals surface area contributed by atoms with Crippen LogP contribution in [-0.2, 0) is 0 Å². The van der Waals surface area contributed by atoms with Crippen molar-refractivity contribution in [3.05, 3.63) is 42.0 Å². The van der Waals surface area contributed by atoms with E-state index in [0.29, 0.717) is 6.61 Å². The Hall–Kier alpha value is -1.77. The van der Waals surface area contributed by atoms with Crippen LogP contribution in [0.25, 0.3) is 0 Å². The number of hydrogen-bond donors (Lipinski definition) is 0. The van der Waals surface area contributed by atoms with Crippen LogP contribution in [0.3, 0.4) is 0 Å². The Morgan fingerprint density at radius 1 is 1.44 bits per heavy atom. The third-order valence-corrected chi connectivity index (χ3v) is 3.29. The molecule has 2 rings (SSSR count). The van der Waals surface area contributed by atoms with E-state index < -0.39 is 0 Å². The minimum absolute atomic E-state index is 0.540. The third-order valence-electron chi connectivity index (χ3n) is 3.29. The molecule has 0 bridgehead atoms. The van der Waals surface area contributed by atoms with E-state index in [1.165, 1.54) is 11.1 Å². The highest BCUT2D eigenvalue weighted by atomic mass is 16.5. The van der Waals surface area contributed by atoms with E-state index in [9.17, 15) is 0 Å². The normalized spacial score (nSPS) is 14.6. The molecule has 0 amide bonds. The number of nitrogens with zero attached hydrogens (tertiary/aromatic N) is 2. The molecule has 0 atom stereocenters. The highest BCUT2D eigenvalue weighted by Gasteiger charge is 2.16. The maximum Gasteiger partial charge on any atom is 0.145 e. The predicted octanol–water partition coefficient (Wildman–Crippen LogP) is 2.58. The van der Waals surface area contributed by atoms with Gasteiger partial charge in [0.1, 0.15) is 18.2 Å². The largest absolute Gasteiger partial charge is 0.485 e. The zero-order valence-electron chi connectivity index (χ0n) is 11.1. The average Bonchev–Trinajstić information content (AvgIpc) is 2.79. The first-order valence-corrected chi connectivity index (χ1v) is 6.30. The summed E-state index contributed by atoms with van der Waals surface area (Å²) in [6, 6.07) is 6.13. The van der Waals surface area contributed by atoms with E-state index >= 15 is 0 Å². The second-order valence-corrected chi connectivity index (χ2v) is 4.52. The van der Waals surface area contributed by atoms with Gasteiger partial charge in [0.2, 0.25) is 0 Å². The Balaban J connectivity index is 1.99. The van der Waals surface area contributed by atoms with Crippen molar-refractivity contribution >= 4 is 5.84 Å². The lowest BCUT2D eigenvalue weighted by atomic mass is 10.1. The summed E-state index contributed by atoms with van der Waals surface area (Å²) in [5.41, 5.74) is 2.45. The summed E-state index contributed by atoms with van der Waals surface area (Å²) in [5, 5.41) is 0. The van der Waals surface area contributed by atoms with E-state index in [1.807, 2.05) is 18.2 Å². The van der Waals surface area contributed by atoms with Crippen LogP contribution in [-0.4, -0.2) is 37.0 Å². The average molecular weight is 244 g/mol. The van der Waals surface area contributed by atoms with Crippen molar-refractivity contribution in [1.82, 2.24) is 4.90 Å². The van der Waals surface area contributed by atoms with E-state index in [0.717, 1.165) is 31.2 Å². The first kappa shape index (κ1) is 12.7. The van der Waals surface area contributed by atoms with Gasteiger partial charge in [0.15, 0.2) is 0 Å². The minimum atomic E-state index is 0.540. The molecule has 1 aliphatic heterocycles. The maximum absolute atomic E-state index is 5.87. The third kappa shape index (κ3) is 2.73. The second kappa shape index (κ2) is 5.71. The molecule has 1 heterocycles. The molecule has 1 aromatic carbocycles. The molecule has 0 N–H and O–H groups in total. The summed E-state index contributed by atoms with van der Waals surface area (Å²) in [5.74, 6) is 1.97. The minimum Gasteiger partial charge on any atom is -0.485 e. The predicted molar refractivity (Wildman–Crippen MR) is 75.5 cm³/mol. The van der Waals surface area contributed by atoms with Crippen LogP contribution >= 0.6 is 0 Å². The highest BCUT2D eigenvalue weighted by Crippen LogP contribution is 2.20. The Labute approximate surface area is 109 Å². The maximum atomic E-state index is 5.87. The number of rotatable bonds is 5. The SMILES string of the molecule is C=CCN1CCN=C1COc1cccc(C)c1C. The van der Waals surface area contributed by atoms with Crippen molar-refractivity contribution in [2.24, 2.45) is 4.99 Å². The van der Waals surface area contributed by atoms with Crippen LogP contribution < -0.4 is 4.74 Å². The first-order valence-electron chi connectivity index (χ1n) is 6.30. The van der Waals surface area contributed by atoms with Gasteiger partial charge in [-0.15, -0.1) is 6.58 Å². The summed E-state index contributed by atoms with van der Waals surface area (Å²) in [7, 11) is 0. The summed E-state index contributed by atoms with van der Waals surface area (Å²) in [6.45, 7) is 11.2. The number of aryl methyl sites for hydroxylation is 1. The zero-order valence-corrected chi connectivity index (χ0v) is 11.1. The number of amidine groups is 1. The van der Waals surface area contributed by atoms with Gasteiger partial charge in [-0.05, 0) is 31.0 Å². The summed E-state index contributed by atoms with van der Waals surface area (Å²) in [6.07, 6.45) is 1.90. The Bertz CT molecular complexity index is 466. The van der Waals surface area contributed by atoms with Crippen molar-refractivity contribution in [1.29, 1.82) is 0 Å². The molecule has 0 fully saturated rings. The van der Waals surface area contributed by atoms with Crippen LogP contribution in [0, 0.1) is 13.8 Å². The Kier molecular flexibility index (Phi) is 4.03. The summed E-state index contributed by atoms with van der Waals surface area (Å²) < 4.78 is 5.87. The molecule has 3 nitrogen and oxygen atoms in total. The van der Waals surface area contributed by atoms with Crippen LogP contribution in [0.2, 0.25) is 0 Å². The molecular formula is C15H20N2O. The molecule has 0 unspecified atom stereocenters. The monoisotopic (exact) mass is 244 g/mol. The molecule has 0 saturated carbocycles. The quantitative estimate of drug-likeness (QED) is 0.744. The molecule has 96 valence electrons. The molecule has 0 saturated heterocycles. The van der Waals surface area contributed by atoms with Gasteiger partial charge in [0.25, 0.3) is 0 Å². The second-order valence-electron chi connectivity index (χ2n) is 4.52. The van der Waals surface area contributed by atoms with E-state index in [-0.39, 0.29) is 0 Å². The van der Waals surface area contributed by atoms with Crippen LogP contribution in [0.1, 0.15) is 11.1 Å². The van der Waals surface area contributed by atoms with E-state index in [2.05, 4.69) is 36.4 Å². The standard InChI is InChI=1S/C15H20N2O/c1-4-9-17-10-8-16-15(17)11-18-14-7-5-6-12(2)13(14)3/h4-7H,1,8-11H2,2-3H3. The van der Waals surface area contributed by atoms with Crippen LogP contribution in [0.15, 0.2) is 35.8 Å². The van der Waals surface area contributed by atoms with Crippen LogP contribution in [0.4, 0.5) is 0 Å². The fraction of sp³-hybridized carbons (Fsp3) is 0.400. The van der Waals surface area contributed by atoms with Gasteiger partial charge in [0, 0.05) is 13.1 Å². The van der Waals surface area contributed by atoms with Crippen molar-refractivity contribution < 1.29 is 4.74 Å². The number of benzene rings is 1. The molecule has 1 aromatic rings. The van der Waals surface area contributed by atoms with Gasteiger partial charge in [0.05, 0.1) is 6.54 Å². The van der Waals surface area contributed by atoms with Gasteiger partial charge >= 0.3 is 0 Å². The lowest BCUT2D eigenvalue weighted by molar-refractivity contribution is 0.351. The lowest BCUT2D eigenvalue weighted by Crippen LogP contribution is -2.32. The van der Waals surface area contributed by atoms with Crippen molar-refractivity contribution in [2.45, 2.75) is 13.8 Å². The first-order chi connectivity index (χ1) is 8.72. The molecular weight excluding hydrogens is 224 g/mol. The Morgan fingerprint density at radius 3 is 3.06 bits per heavy atom. The molecule has 1 aliphatic rings. The lowest BCUT2D eigenvalue weighted by Gasteiger charge is -2.19. The van der Waals surface area contributed by atoms with Crippen molar-refractivity contribution in [2.75, 3.05) is 26.2 Å². The van der Waals surface area contributed by atoms with Gasteiger partial charge in [-0.2, -0.15) is 0 Å². The zero-order chi connectivity index (χ0) is 13.0. The fourth-order valence-electron chi connectivity index (χ4n) is 2.04. The molecule has 0 spiro atoms. The summed E-state index contributed by atoms with van der Waals surface area (Å²) in [4.78, 5) is 6.68. The smallest absolute Gasteiger partial charge is 0.145 e. The van der Waals surface area contributed by atoms with Gasteiger partial charge < -0.3 is 9.64 Å². The highest BCUT2D eigenvalue weighted by molar-refractivity contribution is 5.85. The number of hydrogen-bond acceptors (Lipinski definition) is 3. The summed E-state index contributed by atoms with van der Waals surface area (Å²) >= 11 is 0. The van der Waals surface area contributed by atoms with Gasteiger partial charge in [-0.3, -0.25) is 4.99 Å². The number of ether oxygens (including phenoxy) is 1. The molecule has 0 aromatic heterocycles. The van der Waals surface area contributed by atoms with E-state index in [4.69, 9.17) is 4.74 Å². The molecule has 18 heavy (non-hydrogen) atoms. The number of aliphatic imine (C=N–C) groups is 1. The fourth-order valence-corrected chi connectivity index (χ4v) is 2.04. The van der Waals surface area contributed by atoms with Crippen molar-refractivity contribution in [3.63, 3.8) is 0 Å².